The molecule has 0 fully saturated rings. The summed E-state index contributed by atoms with van der Waals surface area (Å²) in [5.41, 5.74) is 0.280. The fraction of sp³-hybridized carbons (Fsp3) is 0.364. The van der Waals surface area contributed by atoms with Crippen molar-refractivity contribution in [2.24, 2.45) is 5.92 Å². The quantitative estimate of drug-likeness (QED) is 0.679. The predicted octanol–water partition coefficient (Wildman–Crippen LogP) is 3.08. The van der Waals surface area contributed by atoms with Gasteiger partial charge in [-0.25, -0.2) is 9.97 Å². The Labute approximate surface area is 109 Å². The topological polar surface area (TPSA) is 54.9 Å². The monoisotopic (exact) mass is 271 g/mol. The molecule has 0 aliphatic heterocycles. The van der Waals surface area contributed by atoms with Gasteiger partial charge in [-0.1, -0.05) is 35.4 Å². The summed E-state index contributed by atoms with van der Waals surface area (Å²) < 4.78 is 0. The van der Waals surface area contributed by atoms with Crippen LogP contribution in [-0.2, 0) is 4.79 Å². The number of anilines is 1. The van der Waals surface area contributed by atoms with Crippen LogP contribution in [0.3, 0.4) is 0 Å². The van der Waals surface area contributed by atoms with E-state index in [0.29, 0.717) is 12.3 Å². The van der Waals surface area contributed by atoms with Crippen LogP contribution in [0.15, 0.2) is 18.5 Å². The predicted molar refractivity (Wildman–Crippen MR) is 67.2 cm³/mol. The average Bonchev–Trinajstić information content (AvgIpc) is 2.76. The highest BCUT2D eigenvalue weighted by Gasteiger charge is 2.16. The van der Waals surface area contributed by atoms with Crippen LogP contribution in [0.2, 0.25) is 10.3 Å². The highest BCUT2D eigenvalue weighted by Crippen LogP contribution is 2.27. The van der Waals surface area contributed by atoms with Gasteiger partial charge in [0.15, 0.2) is 10.3 Å². The van der Waals surface area contributed by atoms with Crippen molar-refractivity contribution in [1.29, 1.82) is 0 Å². The van der Waals surface area contributed by atoms with Gasteiger partial charge in [-0.2, -0.15) is 0 Å². The molecule has 90 valence electrons. The number of carbonyl (C=O) groups excluding carboxylic acids is 1. The molecular formula is C11H11Cl2N3O. The standard InChI is InChI=1S/C11H11Cl2N3O/c12-10-9(11(13)15-6-14-10)16-8(17)5-7-3-1-2-4-7/h1,3,6-7H,2,4-5H2,(H,16,17). The van der Waals surface area contributed by atoms with E-state index < -0.39 is 0 Å². The largest absolute Gasteiger partial charge is 0.321 e. The molecule has 0 saturated heterocycles. The molecule has 6 heteroatoms. The number of nitrogens with zero attached hydrogens (tertiary/aromatic N) is 2. The SMILES string of the molecule is O=C(CC1C=CCC1)Nc1c(Cl)ncnc1Cl. The molecule has 4 nitrogen and oxygen atoms in total. The van der Waals surface area contributed by atoms with Crippen LogP contribution in [0, 0.1) is 5.92 Å². The third-order valence-electron chi connectivity index (χ3n) is 2.58. The molecule has 1 aliphatic rings. The van der Waals surface area contributed by atoms with E-state index in [0.717, 1.165) is 12.8 Å². The zero-order valence-corrected chi connectivity index (χ0v) is 10.5. The van der Waals surface area contributed by atoms with Gasteiger partial charge in [-0.05, 0) is 18.8 Å². The molecular weight excluding hydrogens is 261 g/mol. The lowest BCUT2D eigenvalue weighted by Gasteiger charge is -2.10. The van der Waals surface area contributed by atoms with E-state index >= 15 is 0 Å². The molecule has 1 heterocycles. The summed E-state index contributed by atoms with van der Waals surface area (Å²) in [7, 11) is 0. The number of carbonyl (C=O) groups is 1. The normalized spacial score (nSPS) is 18.4. The van der Waals surface area contributed by atoms with E-state index in [1.807, 2.05) is 0 Å². The van der Waals surface area contributed by atoms with Crippen molar-refractivity contribution >= 4 is 34.8 Å². The highest BCUT2D eigenvalue weighted by molar-refractivity contribution is 6.38. The smallest absolute Gasteiger partial charge is 0.225 e. The number of nitrogens with one attached hydrogen (secondary N) is 1. The third kappa shape index (κ3) is 3.17. The maximum atomic E-state index is 11.8. The van der Waals surface area contributed by atoms with Crippen molar-refractivity contribution in [3.05, 3.63) is 28.8 Å². The minimum absolute atomic E-state index is 0.125. The van der Waals surface area contributed by atoms with E-state index in [-0.39, 0.29) is 21.9 Å². The van der Waals surface area contributed by atoms with Crippen LogP contribution in [-0.4, -0.2) is 15.9 Å². The second-order valence-electron chi connectivity index (χ2n) is 3.85. The first-order chi connectivity index (χ1) is 8.16. The second-order valence-corrected chi connectivity index (χ2v) is 4.56. The Morgan fingerprint density at radius 2 is 2.12 bits per heavy atom. The first kappa shape index (κ1) is 12.3. The molecule has 1 aromatic heterocycles. The Balaban J connectivity index is 2.00. The molecule has 1 aliphatic carbocycles. The summed E-state index contributed by atoms with van der Waals surface area (Å²) in [6, 6.07) is 0. The molecule has 0 bridgehead atoms. The Hall–Kier alpha value is -1.13. The number of hydrogen-bond acceptors (Lipinski definition) is 3. The summed E-state index contributed by atoms with van der Waals surface area (Å²) in [6.07, 6.45) is 7.87. The van der Waals surface area contributed by atoms with Gasteiger partial charge in [0.1, 0.15) is 12.0 Å². The second kappa shape index (κ2) is 5.47. The number of halogens is 2. The van der Waals surface area contributed by atoms with Gasteiger partial charge in [-0.15, -0.1) is 0 Å². The van der Waals surface area contributed by atoms with Crippen LogP contribution >= 0.6 is 23.2 Å². The molecule has 0 saturated carbocycles. The van der Waals surface area contributed by atoms with E-state index in [1.165, 1.54) is 6.33 Å². The van der Waals surface area contributed by atoms with Gasteiger partial charge in [0.25, 0.3) is 0 Å². The molecule has 0 aromatic carbocycles. The summed E-state index contributed by atoms with van der Waals surface area (Å²) in [5.74, 6) is 0.178. The fourth-order valence-electron chi connectivity index (χ4n) is 1.74. The van der Waals surface area contributed by atoms with Crippen LogP contribution in [0.4, 0.5) is 5.69 Å². The molecule has 1 unspecified atom stereocenters. The zero-order chi connectivity index (χ0) is 12.3. The van der Waals surface area contributed by atoms with Gasteiger partial charge in [0, 0.05) is 6.42 Å². The number of aromatic nitrogens is 2. The summed E-state index contributed by atoms with van der Waals surface area (Å²) in [4.78, 5) is 19.3. The van der Waals surface area contributed by atoms with Crippen molar-refractivity contribution in [1.82, 2.24) is 9.97 Å². The fourth-order valence-corrected chi connectivity index (χ4v) is 2.15. The first-order valence-corrected chi connectivity index (χ1v) is 6.05. The maximum Gasteiger partial charge on any atom is 0.225 e. The Morgan fingerprint density at radius 3 is 2.71 bits per heavy atom. The Morgan fingerprint density at radius 1 is 1.41 bits per heavy atom. The number of amides is 1. The maximum absolute atomic E-state index is 11.8. The molecule has 17 heavy (non-hydrogen) atoms. The molecule has 0 radical (unpaired) electrons. The van der Waals surface area contributed by atoms with Crippen LogP contribution in [0.5, 0.6) is 0 Å². The molecule has 1 N–H and O–H groups in total. The van der Waals surface area contributed by atoms with E-state index in [2.05, 4.69) is 27.4 Å². The Bertz CT molecular complexity index is 442. The molecule has 1 atom stereocenters. The van der Waals surface area contributed by atoms with Crippen molar-refractivity contribution in [3.63, 3.8) is 0 Å². The third-order valence-corrected chi connectivity index (χ3v) is 3.15. The summed E-state index contributed by atoms with van der Waals surface area (Å²) >= 11 is 11.7. The van der Waals surface area contributed by atoms with Gasteiger partial charge >= 0.3 is 0 Å². The lowest BCUT2D eigenvalue weighted by Crippen LogP contribution is -2.15. The molecule has 1 amide bonds. The zero-order valence-electron chi connectivity index (χ0n) is 8.99. The summed E-state index contributed by atoms with van der Waals surface area (Å²) in [6.45, 7) is 0. The van der Waals surface area contributed by atoms with E-state index in [1.54, 1.807) is 0 Å². The first-order valence-electron chi connectivity index (χ1n) is 5.29. The van der Waals surface area contributed by atoms with E-state index in [4.69, 9.17) is 23.2 Å². The molecule has 1 aromatic rings. The average molecular weight is 272 g/mol. The van der Waals surface area contributed by atoms with Crippen LogP contribution in [0.25, 0.3) is 0 Å². The van der Waals surface area contributed by atoms with Crippen molar-refractivity contribution in [2.45, 2.75) is 19.3 Å². The number of allylic oxidation sites excluding steroid dienone is 2. The van der Waals surface area contributed by atoms with Crippen molar-refractivity contribution in [3.8, 4) is 0 Å². The van der Waals surface area contributed by atoms with E-state index in [9.17, 15) is 4.79 Å². The van der Waals surface area contributed by atoms with Gasteiger partial charge in [-0.3, -0.25) is 4.79 Å². The van der Waals surface area contributed by atoms with Gasteiger partial charge in [0.2, 0.25) is 5.91 Å². The van der Waals surface area contributed by atoms with Gasteiger partial charge < -0.3 is 5.32 Å². The molecule has 2 rings (SSSR count). The van der Waals surface area contributed by atoms with Crippen molar-refractivity contribution in [2.75, 3.05) is 5.32 Å². The Kier molecular flexibility index (Phi) is 3.97. The number of hydrogen-bond donors (Lipinski definition) is 1. The van der Waals surface area contributed by atoms with Crippen LogP contribution in [0.1, 0.15) is 19.3 Å². The minimum Gasteiger partial charge on any atom is -0.321 e. The lowest BCUT2D eigenvalue weighted by molar-refractivity contribution is -0.116. The molecule has 0 spiro atoms. The van der Waals surface area contributed by atoms with Gasteiger partial charge in [0.05, 0.1) is 0 Å². The summed E-state index contributed by atoms with van der Waals surface area (Å²) in [5, 5.41) is 2.95. The van der Waals surface area contributed by atoms with Crippen LogP contribution < -0.4 is 5.32 Å². The number of rotatable bonds is 3. The minimum atomic E-state index is -0.125. The lowest BCUT2D eigenvalue weighted by atomic mass is 10.1. The van der Waals surface area contributed by atoms with Crippen molar-refractivity contribution < 1.29 is 4.79 Å². The highest BCUT2D eigenvalue weighted by atomic mass is 35.5.